The van der Waals surface area contributed by atoms with Gasteiger partial charge in [-0.2, -0.15) is 13.2 Å². The van der Waals surface area contributed by atoms with Crippen LogP contribution in [0.5, 0.6) is 0 Å². The molecule has 1 N–H and O–H groups in total. The lowest BCUT2D eigenvalue weighted by Crippen LogP contribution is -2.23. The molecule has 1 aromatic heterocycles. The summed E-state index contributed by atoms with van der Waals surface area (Å²) in [5, 5.41) is 2.84. The van der Waals surface area contributed by atoms with Gasteiger partial charge in [-0.25, -0.2) is 14.4 Å². The van der Waals surface area contributed by atoms with Gasteiger partial charge in [0.15, 0.2) is 0 Å². The first-order valence-corrected chi connectivity index (χ1v) is 7.57. The molecule has 24 heavy (non-hydrogen) atoms. The van der Waals surface area contributed by atoms with E-state index < -0.39 is 11.9 Å². The van der Waals surface area contributed by atoms with E-state index in [1.54, 1.807) is 18.2 Å². The van der Waals surface area contributed by atoms with Gasteiger partial charge >= 0.3 is 6.18 Å². The Balaban J connectivity index is 1.58. The minimum Gasteiger partial charge on any atom is -0.369 e. The molecule has 0 aliphatic carbocycles. The highest BCUT2D eigenvalue weighted by molar-refractivity contribution is 5.48. The molecule has 2 heterocycles. The van der Waals surface area contributed by atoms with Crippen LogP contribution in [0.3, 0.4) is 0 Å². The van der Waals surface area contributed by atoms with Crippen molar-refractivity contribution in [2.24, 2.45) is 5.92 Å². The maximum atomic E-state index is 13.8. The summed E-state index contributed by atoms with van der Waals surface area (Å²) in [4.78, 5) is 9.22. The molecule has 0 bridgehead atoms. The fourth-order valence-corrected chi connectivity index (χ4v) is 2.76. The van der Waals surface area contributed by atoms with Crippen molar-refractivity contribution in [1.29, 1.82) is 0 Å². The topological polar surface area (TPSA) is 41.0 Å². The lowest BCUT2D eigenvalue weighted by molar-refractivity contribution is -0.141. The molecule has 1 aliphatic heterocycles. The van der Waals surface area contributed by atoms with Crippen molar-refractivity contribution in [3.63, 3.8) is 0 Å². The fourth-order valence-electron chi connectivity index (χ4n) is 2.76. The number of rotatable bonds is 4. The highest BCUT2D eigenvalue weighted by atomic mass is 19.4. The van der Waals surface area contributed by atoms with Crippen molar-refractivity contribution in [1.82, 2.24) is 9.97 Å². The Bertz CT molecular complexity index is 704. The number of hydrogen-bond acceptors (Lipinski definition) is 4. The van der Waals surface area contributed by atoms with E-state index in [9.17, 15) is 17.6 Å². The molecule has 0 unspecified atom stereocenters. The van der Waals surface area contributed by atoms with Crippen molar-refractivity contribution < 1.29 is 17.6 Å². The summed E-state index contributed by atoms with van der Waals surface area (Å²) in [6.07, 6.45) is -2.59. The molecule has 2 aromatic rings. The molecule has 0 radical (unpaired) electrons. The lowest BCUT2D eigenvalue weighted by Gasteiger charge is -2.19. The summed E-state index contributed by atoms with van der Waals surface area (Å²) in [7, 11) is 0. The van der Waals surface area contributed by atoms with Gasteiger partial charge in [-0.05, 0) is 30.5 Å². The minimum absolute atomic E-state index is 0.0471. The average molecular weight is 340 g/mol. The first-order chi connectivity index (χ1) is 11.4. The zero-order valence-electron chi connectivity index (χ0n) is 12.7. The standard InChI is InChI=1S/C16H16F4N4/c17-12-3-1-2-4-13(12)24-8-6-11(10-24)9-22-15-21-7-5-14(23-15)16(18,19)20/h1-5,7,11H,6,8-10H2,(H,21,22,23)/t11-/m0/s1. The third-order valence-electron chi connectivity index (χ3n) is 3.97. The van der Waals surface area contributed by atoms with Crippen LogP contribution in [0.25, 0.3) is 0 Å². The lowest BCUT2D eigenvalue weighted by atomic mass is 10.1. The number of alkyl halides is 3. The van der Waals surface area contributed by atoms with Gasteiger partial charge in [0.1, 0.15) is 11.5 Å². The van der Waals surface area contributed by atoms with Gasteiger partial charge in [0.2, 0.25) is 5.95 Å². The molecule has 1 aromatic carbocycles. The van der Waals surface area contributed by atoms with Crippen LogP contribution in [0.2, 0.25) is 0 Å². The van der Waals surface area contributed by atoms with Crippen LogP contribution in [0.4, 0.5) is 29.2 Å². The number of para-hydroxylation sites is 1. The highest BCUT2D eigenvalue weighted by Gasteiger charge is 2.33. The summed E-state index contributed by atoms with van der Waals surface area (Å²) < 4.78 is 51.7. The van der Waals surface area contributed by atoms with E-state index in [0.29, 0.717) is 25.3 Å². The van der Waals surface area contributed by atoms with Crippen molar-refractivity contribution in [3.8, 4) is 0 Å². The van der Waals surface area contributed by atoms with E-state index in [1.807, 2.05) is 4.90 Å². The predicted molar refractivity (Wildman–Crippen MR) is 82.2 cm³/mol. The van der Waals surface area contributed by atoms with Crippen LogP contribution in [-0.2, 0) is 6.18 Å². The summed E-state index contributed by atoms with van der Waals surface area (Å²) in [6, 6.07) is 7.39. The molecular formula is C16H16F4N4. The van der Waals surface area contributed by atoms with Crippen LogP contribution in [-0.4, -0.2) is 29.6 Å². The smallest absolute Gasteiger partial charge is 0.369 e. The van der Waals surface area contributed by atoms with Crippen molar-refractivity contribution in [2.75, 3.05) is 29.9 Å². The van der Waals surface area contributed by atoms with Crippen molar-refractivity contribution in [2.45, 2.75) is 12.6 Å². The molecule has 3 rings (SSSR count). The molecule has 1 atom stereocenters. The second kappa shape index (κ2) is 6.62. The number of benzene rings is 1. The maximum Gasteiger partial charge on any atom is 0.433 e. The number of nitrogens with zero attached hydrogens (tertiary/aromatic N) is 3. The monoisotopic (exact) mass is 340 g/mol. The van der Waals surface area contributed by atoms with Crippen LogP contribution < -0.4 is 10.2 Å². The molecule has 4 nitrogen and oxygen atoms in total. The molecule has 128 valence electrons. The predicted octanol–water partition coefficient (Wildman–Crippen LogP) is 3.57. The van der Waals surface area contributed by atoms with E-state index in [2.05, 4.69) is 15.3 Å². The van der Waals surface area contributed by atoms with Crippen molar-refractivity contribution >= 4 is 11.6 Å². The quantitative estimate of drug-likeness (QED) is 0.864. The Hall–Kier alpha value is -2.38. The zero-order chi connectivity index (χ0) is 17.2. The number of nitrogens with one attached hydrogen (secondary N) is 1. The molecule has 0 amide bonds. The SMILES string of the molecule is Fc1ccccc1N1CC[C@@H](CNc2nccc(C(F)(F)F)n2)C1. The van der Waals surface area contributed by atoms with Crippen LogP contribution in [0, 0.1) is 11.7 Å². The Kier molecular flexibility index (Phi) is 4.55. The Morgan fingerprint density at radius 3 is 2.75 bits per heavy atom. The van der Waals surface area contributed by atoms with Crippen LogP contribution in [0.1, 0.15) is 12.1 Å². The Morgan fingerprint density at radius 2 is 2.00 bits per heavy atom. The zero-order valence-corrected chi connectivity index (χ0v) is 12.7. The Morgan fingerprint density at radius 1 is 1.21 bits per heavy atom. The van der Waals surface area contributed by atoms with E-state index in [4.69, 9.17) is 0 Å². The van der Waals surface area contributed by atoms with Crippen LogP contribution >= 0.6 is 0 Å². The van der Waals surface area contributed by atoms with Gasteiger partial charge in [-0.15, -0.1) is 0 Å². The number of anilines is 2. The second-order valence-electron chi connectivity index (χ2n) is 5.70. The average Bonchev–Trinajstić information content (AvgIpc) is 3.02. The molecule has 0 saturated carbocycles. The normalized spacial score (nSPS) is 18.0. The number of aromatic nitrogens is 2. The van der Waals surface area contributed by atoms with Crippen molar-refractivity contribution in [3.05, 3.63) is 48.0 Å². The van der Waals surface area contributed by atoms with Gasteiger partial charge < -0.3 is 10.2 Å². The van der Waals surface area contributed by atoms with Gasteiger partial charge in [0.05, 0.1) is 5.69 Å². The van der Waals surface area contributed by atoms with E-state index in [1.165, 1.54) is 6.07 Å². The van der Waals surface area contributed by atoms with E-state index in [-0.39, 0.29) is 17.7 Å². The highest BCUT2D eigenvalue weighted by Crippen LogP contribution is 2.28. The summed E-state index contributed by atoms with van der Waals surface area (Å²) in [6.45, 7) is 1.77. The Labute approximate surface area is 136 Å². The molecule has 1 saturated heterocycles. The van der Waals surface area contributed by atoms with Gasteiger partial charge in [0.25, 0.3) is 0 Å². The number of hydrogen-bond donors (Lipinski definition) is 1. The first kappa shape index (κ1) is 16.5. The third-order valence-corrected chi connectivity index (χ3v) is 3.97. The summed E-state index contributed by atoms with van der Waals surface area (Å²) in [5.74, 6) is -0.135. The fraction of sp³-hybridized carbons (Fsp3) is 0.375. The minimum atomic E-state index is -4.49. The largest absolute Gasteiger partial charge is 0.433 e. The third kappa shape index (κ3) is 3.74. The van der Waals surface area contributed by atoms with Gasteiger partial charge in [-0.1, -0.05) is 12.1 Å². The molecule has 8 heteroatoms. The molecule has 1 aliphatic rings. The summed E-state index contributed by atoms with van der Waals surface area (Å²) >= 11 is 0. The van der Waals surface area contributed by atoms with Crippen LogP contribution in [0.15, 0.2) is 36.5 Å². The maximum absolute atomic E-state index is 13.8. The summed E-state index contributed by atoms with van der Waals surface area (Å²) in [5.41, 5.74) is -0.422. The number of halogens is 4. The van der Waals surface area contributed by atoms with Gasteiger partial charge in [0, 0.05) is 25.8 Å². The second-order valence-corrected chi connectivity index (χ2v) is 5.70. The molecule has 0 spiro atoms. The van der Waals surface area contributed by atoms with E-state index >= 15 is 0 Å². The molecular weight excluding hydrogens is 324 g/mol. The van der Waals surface area contributed by atoms with Gasteiger partial charge in [-0.3, -0.25) is 0 Å². The first-order valence-electron chi connectivity index (χ1n) is 7.57. The molecule has 1 fully saturated rings. The van der Waals surface area contributed by atoms with E-state index in [0.717, 1.165) is 18.7 Å².